The molecule has 1 unspecified atom stereocenters. The number of carbonyl (C=O) groups excluding carboxylic acids is 3. The van der Waals surface area contributed by atoms with Gasteiger partial charge >= 0.3 is 12.1 Å². The first-order valence-electron chi connectivity index (χ1n) is 10.6. The maximum absolute atomic E-state index is 12.9. The number of ether oxygens (including phenoxy) is 1. The minimum absolute atomic E-state index is 0.191. The standard InChI is InChI=1S/C21H35N5O4/c1-5-6-7-10-25-13-16(17(14-25)24-19(22)28)18(27)23-15-9-8-11-26(12-15)20(29)30-21(2,3)4/h13-15H,5-12H2,1-4H3,(H,23,27)(H3,22,24,28). The van der Waals surface area contributed by atoms with Gasteiger partial charge in [-0.1, -0.05) is 19.8 Å². The van der Waals surface area contributed by atoms with Crippen LogP contribution in [0.25, 0.3) is 0 Å². The van der Waals surface area contributed by atoms with Crippen LogP contribution in [0.15, 0.2) is 12.4 Å². The van der Waals surface area contributed by atoms with E-state index in [-0.39, 0.29) is 18.0 Å². The molecule has 0 aromatic carbocycles. The van der Waals surface area contributed by atoms with Gasteiger partial charge in [0, 0.05) is 38.1 Å². The average Bonchev–Trinajstić information content (AvgIpc) is 3.03. The van der Waals surface area contributed by atoms with Crippen LogP contribution >= 0.6 is 0 Å². The van der Waals surface area contributed by atoms with Gasteiger partial charge in [-0.3, -0.25) is 4.79 Å². The number of piperidine rings is 1. The Balaban J connectivity index is 2.04. The Hall–Kier alpha value is -2.71. The molecule has 1 aliphatic rings. The molecule has 1 aromatic heterocycles. The van der Waals surface area contributed by atoms with E-state index < -0.39 is 11.6 Å². The topological polar surface area (TPSA) is 119 Å². The van der Waals surface area contributed by atoms with Crippen molar-refractivity contribution in [1.29, 1.82) is 0 Å². The molecule has 0 bridgehead atoms. The zero-order chi connectivity index (χ0) is 22.3. The summed E-state index contributed by atoms with van der Waals surface area (Å²) in [4.78, 5) is 38.2. The lowest BCUT2D eigenvalue weighted by Gasteiger charge is -2.34. The first kappa shape index (κ1) is 23.6. The predicted octanol–water partition coefficient (Wildman–Crippen LogP) is 3.30. The summed E-state index contributed by atoms with van der Waals surface area (Å²) in [6.07, 6.45) is 7.77. The molecule has 30 heavy (non-hydrogen) atoms. The monoisotopic (exact) mass is 421 g/mol. The summed E-state index contributed by atoms with van der Waals surface area (Å²) in [5.41, 5.74) is 5.44. The van der Waals surface area contributed by atoms with E-state index in [1.165, 1.54) is 0 Å². The molecule has 2 heterocycles. The Morgan fingerprint density at radius 1 is 1.23 bits per heavy atom. The molecule has 4 N–H and O–H groups in total. The number of nitrogens with one attached hydrogen (secondary N) is 2. The van der Waals surface area contributed by atoms with Gasteiger partial charge in [-0.25, -0.2) is 9.59 Å². The van der Waals surface area contributed by atoms with Crippen molar-refractivity contribution in [1.82, 2.24) is 14.8 Å². The number of anilines is 1. The van der Waals surface area contributed by atoms with E-state index in [1.807, 2.05) is 25.3 Å². The van der Waals surface area contributed by atoms with Gasteiger partial charge in [-0.15, -0.1) is 0 Å². The predicted molar refractivity (Wildman–Crippen MR) is 115 cm³/mol. The number of nitrogens with two attached hydrogens (primary N) is 1. The van der Waals surface area contributed by atoms with Crippen molar-refractivity contribution in [3.05, 3.63) is 18.0 Å². The van der Waals surface area contributed by atoms with Crippen LogP contribution in [-0.2, 0) is 11.3 Å². The number of carbonyl (C=O) groups is 3. The maximum Gasteiger partial charge on any atom is 0.410 e. The first-order valence-corrected chi connectivity index (χ1v) is 10.6. The van der Waals surface area contributed by atoms with E-state index in [4.69, 9.17) is 10.5 Å². The number of aromatic nitrogens is 1. The second kappa shape index (κ2) is 10.4. The molecule has 0 spiro atoms. The number of likely N-dealkylation sites (tertiary alicyclic amines) is 1. The summed E-state index contributed by atoms with van der Waals surface area (Å²) in [5.74, 6) is -0.302. The number of urea groups is 1. The lowest BCUT2D eigenvalue weighted by atomic mass is 10.1. The Kier molecular flexibility index (Phi) is 8.14. The molecule has 1 saturated heterocycles. The SMILES string of the molecule is CCCCCn1cc(NC(N)=O)c(C(=O)NC2CCCN(C(=O)OC(C)(C)C)C2)c1. The maximum atomic E-state index is 12.9. The Morgan fingerprint density at radius 3 is 2.60 bits per heavy atom. The first-order chi connectivity index (χ1) is 14.1. The second-order valence-electron chi connectivity index (χ2n) is 8.76. The molecule has 0 radical (unpaired) electrons. The van der Waals surface area contributed by atoms with Crippen LogP contribution in [0.3, 0.4) is 0 Å². The third-order valence-corrected chi connectivity index (χ3v) is 4.81. The van der Waals surface area contributed by atoms with Crippen LogP contribution in [-0.4, -0.2) is 52.2 Å². The number of primary amides is 1. The van der Waals surface area contributed by atoms with Crippen molar-refractivity contribution in [3.63, 3.8) is 0 Å². The van der Waals surface area contributed by atoms with Gasteiger partial charge in [0.25, 0.3) is 5.91 Å². The number of amides is 4. The summed E-state index contributed by atoms with van der Waals surface area (Å²) in [6.45, 7) is 9.34. The van der Waals surface area contributed by atoms with E-state index >= 15 is 0 Å². The van der Waals surface area contributed by atoms with Crippen LogP contribution in [0.2, 0.25) is 0 Å². The summed E-state index contributed by atoms with van der Waals surface area (Å²) < 4.78 is 7.33. The minimum atomic E-state index is -0.718. The molecular weight excluding hydrogens is 386 g/mol. The molecule has 0 aliphatic carbocycles. The zero-order valence-electron chi connectivity index (χ0n) is 18.5. The smallest absolute Gasteiger partial charge is 0.410 e. The van der Waals surface area contributed by atoms with Crippen LogP contribution in [0.1, 0.15) is 70.2 Å². The largest absolute Gasteiger partial charge is 0.444 e. The van der Waals surface area contributed by atoms with Gasteiger partial charge in [0.1, 0.15) is 5.60 Å². The Morgan fingerprint density at radius 2 is 1.97 bits per heavy atom. The molecule has 9 heteroatoms. The Bertz CT molecular complexity index is 753. The van der Waals surface area contributed by atoms with Crippen LogP contribution in [0.5, 0.6) is 0 Å². The number of hydrogen-bond acceptors (Lipinski definition) is 4. The van der Waals surface area contributed by atoms with Gasteiger partial charge in [-0.2, -0.15) is 0 Å². The van der Waals surface area contributed by atoms with Gasteiger partial charge < -0.3 is 30.6 Å². The van der Waals surface area contributed by atoms with Gasteiger partial charge in [0.2, 0.25) is 0 Å². The number of hydrogen-bond donors (Lipinski definition) is 3. The number of unbranched alkanes of at least 4 members (excludes halogenated alkanes) is 2. The number of aryl methyl sites for hydroxylation is 1. The van der Waals surface area contributed by atoms with Gasteiger partial charge in [-0.05, 0) is 40.0 Å². The zero-order valence-corrected chi connectivity index (χ0v) is 18.5. The molecule has 9 nitrogen and oxygen atoms in total. The van der Waals surface area contributed by atoms with E-state index in [2.05, 4.69) is 17.6 Å². The quantitative estimate of drug-likeness (QED) is 0.585. The highest BCUT2D eigenvalue weighted by atomic mass is 16.6. The summed E-state index contributed by atoms with van der Waals surface area (Å²) in [5, 5.41) is 5.51. The summed E-state index contributed by atoms with van der Waals surface area (Å²) in [7, 11) is 0. The summed E-state index contributed by atoms with van der Waals surface area (Å²) in [6, 6.07) is -0.909. The van der Waals surface area contributed by atoms with Crippen LogP contribution in [0, 0.1) is 0 Å². The minimum Gasteiger partial charge on any atom is -0.444 e. The summed E-state index contributed by atoms with van der Waals surface area (Å²) >= 11 is 0. The average molecular weight is 422 g/mol. The highest BCUT2D eigenvalue weighted by Crippen LogP contribution is 2.20. The fraction of sp³-hybridized carbons (Fsp3) is 0.667. The lowest BCUT2D eigenvalue weighted by molar-refractivity contribution is 0.0185. The van der Waals surface area contributed by atoms with E-state index in [0.29, 0.717) is 24.3 Å². The van der Waals surface area contributed by atoms with Crippen molar-refractivity contribution in [2.45, 2.75) is 78.0 Å². The molecule has 1 aromatic rings. The highest BCUT2D eigenvalue weighted by Gasteiger charge is 2.29. The molecular formula is C21H35N5O4. The fourth-order valence-electron chi connectivity index (χ4n) is 3.45. The number of rotatable bonds is 7. The molecule has 1 aliphatic heterocycles. The van der Waals surface area contributed by atoms with Crippen molar-refractivity contribution in [3.8, 4) is 0 Å². The van der Waals surface area contributed by atoms with Crippen molar-refractivity contribution in [2.24, 2.45) is 5.73 Å². The van der Waals surface area contributed by atoms with Gasteiger partial charge in [0.15, 0.2) is 0 Å². The highest BCUT2D eigenvalue weighted by molar-refractivity contribution is 6.03. The van der Waals surface area contributed by atoms with Gasteiger partial charge in [0.05, 0.1) is 11.3 Å². The normalized spacial score (nSPS) is 16.8. The van der Waals surface area contributed by atoms with Crippen LogP contribution in [0.4, 0.5) is 15.3 Å². The molecule has 1 fully saturated rings. The van der Waals surface area contributed by atoms with Crippen molar-refractivity contribution in [2.75, 3.05) is 18.4 Å². The molecule has 2 rings (SSSR count). The number of nitrogens with zero attached hydrogens (tertiary/aromatic N) is 2. The lowest BCUT2D eigenvalue weighted by Crippen LogP contribution is -2.50. The van der Waals surface area contributed by atoms with Crippen molar-refractivity contribution >= 4 is 23.7 Å². The van der Waals surface area contributed by atoms with Crippen LogP contribution < -0.4 is 16.4 Å². The Labute approximate surface area is 178 Å². The van der Waals surface area contributed by atoms with E-state index in [1.54, 1.807) is 17.3 Å². The molecule has 4 amide bonds. The third-order valence-electron chi connectivity index (χ3n) is 4.81. The van der Waals surface area contributed by atoms with Crippen molar-refractivity contribution < 1.29 is 19.1 Å². The second-order valence-corrected chi connectivity index (χ2v) is 8.76. The molecule has 1 atom stereocenters. The fourth-order valence-corrected chi connectivity index (χ4v) is 3.45. The van der Waals surface area contributed by atoms with E-state index in [9.17, 15) is 14.4 Å². The van der Waals surface area contributed by atoms with E-state index in [0.717, 1.165) is 38.6 Å². The molecule has 0 saturated carbocycles. The molecule has 168 valence electrons. The third kappa shape index (κ3) is 7.27.